The molecule has 14 heavy (non-hydrogen) atoms. The molecule has 0 bridgehead atoms. The van der Waals surface area contributed by atoms with Crippen LogP contribution in [0.15, 0.2) is 0 Å². The molecule has 1 N–H and O–H groups in total. The Morgan fingerprint density at radius 1 is 1.57 bits per heavy atom. The van der Waals surface area contributed by atoms with Crippen LogP contribution in [-0.2, 0) is 17.1 Å². The SMILES string of the molecule is CCn1c(C)nnc1CSCC(=O)O. The molecule has 0 atom stereocenters. The van der Waals surface area contributed by atoms with Gasteiger partial charge in [-0.3, -0.25) is 4.79 Å². The van der Waals surface area contributed by atoms with Crippen LogP contribution < -0.4 is 0 Å². The summed E-state index contributed by atoms with van der Waals surface area (Å²) < 4.78 is 1.98. The molecule has 0 aliphatic heterocycles. The van der Waals surface area contributed by atoms with Crippen LogP contribution >= 0.6 is 11.8 Å². The summed E-state index contributed by atoms with van der Waals surface area (Å²) in [5.41, 5.74) is 0. The van der Waals surface area contributed by atoms with Gasteiger partial charge in [0.1, 0.15) is 11.6 Å². The second-order valence-corrected chi connectivity index (χ2v) is 3.78. The van der Waals surface area contributed by atoms with E-state index in [2.05, 4.69) is 10.2 Å². The maximum Gasteiger partial charge on any atom is 0.313 e. The maximum atomic E-state index is 10.3. The van der Waals surface area contributed by atoms with Crippen molar-refractivity contribution in [3.05, 3.63) is 11.6 Å². The molecule has 0 saturated carbocycles. The van der Waals surface area contributed by atoms with E-state index in [9.17, 15) is 4.79 Å². The van der Waals surface area contributed by atoms with Gasteiger partial charge in [0, 0.05) is 6.54 Å². The van der Waals surface area contributed by atoms with Gasteiger partial charge in [-0.25, -0.2) is 0 Å². The van der Waals surface area contributed by atoms with Gasteiger partial charge in [0.15, 0.2) is 0 Å². The molecule has 0 amide bonds. The highest BCUT2D eigenvalue weighted by Gasteiger charge is 2.07. The molecule has 1 aromatic rings. The van der Waals surface area contributed by atoms with Gasteiger partial charge in [-0.15, -0.1) is 22.0 Å². The quantitative estimate of drug-likeness (QED) is 0.791. The number of carboxylic acid groups (broad SMARTS) is 1. The van der Waals surface area contributed by atoms with Gasteiger partial charge in [0.2, 0.25) is 0 Å². The molecule has 6 heteroatoms. The molecule has 1 aromatic heterocycles. The number of carbonyl (C=O) groups is 1. The molecule has 0 aliphatic rings. The maximum absolute atomic E-state index is 10.3. The summed E-state index contributed by atoms with van der Waals surface area (Å²) in [6, 6.07) is 0. The van der Waals surface area contributed by atoms with Gasteiger partial charge in [-0.1, -0.05) is 0 Å². The van der Waals surface area contributed by atoms with Crippen molar-refractivity contribution in [2.24, 2.45) is 0 Å². The third-order valence-corrected chi connectivity index (χ3v) is 2.70. The second-order valence-electron chi connectivity index (χ2n) is 2.79. The smallest absolute Gasteiger partial charge is 0.313 e. The summed E-state index contributed by atoms with van der Waals surface area (Å²) in [6.07, 6.45) is 0. The van der Waals surface area contributed by atoms with Crippen molar-refractivity contribution < 1.29 is 9.90 Å². The molecular weight excluding hydrogens is 202 g/mol. The molecule has 0 saturated heterocycles. The van der Waals surface area contributed by atoms with E-state index in [1.807, 2.05) is 18.4 Å². The van der Waals surface area contributed by atoms with E-state index in [0.29, 0.717) is 5.75 Å². The van der Waals surface area contributed by atoms with Gasteiger partial charge < -0.3 is 9.67 Å². The first kappa shape index (κ1) is 11.0. The number of carboxylic acids is 1. The average Bonchev–Trinajstić information content (AvgIpc) is 2.46. The summed E-state index contributed by atoms with van der Waals surface area (Å²) >= 11 is 1.33. The highest BCUT2D eigenvalue weighted by Crippen LogP contribution is 2.11. The van der Waals surface area contributed by atoms with Crippen LogP contribution in [0.5, 0.6) is 0 Å². The van der Waals surface area contributed by atoms with Gasteiger partial charge >= 0.3 is 5.97 Å². The molecule has 0 radical (unpaired) electrons. The number of thioether (sulfide) groups is 1. The Morgan fingerprint density at radius 2 is 2.29 bits per heavy atom. The van der Waals surface area contributed by atoms with Crippen molar-refractivity contribution in [1.29, 1.82) is 0 Å². The summed E-state index contributed by atoms with van der Waals surface area (Å²) in [5, 5.41) is 16.4. The predicted molar refractivity (Wildman–Crippen MR) is 54.2 cm³/mol. The van der Waals surface area contributed by atoms with Crippen LogP contribution in [0.25, 0.3) is 0 Å². The van der Waals surface area contributed by atoms with E-state index >= 15 is 0 Å². The Bertz CT molecular complexity index is 324. The highest BCUT2D eigenvalue weighted by molar-refractivity contribution is 7.99. The van der Waals surface area contributed by atoms with Crippen LogP contribution in [0, 0.1) is 6.92 Å². The van der Waals surface area contributed by atoms with Crippen molar-refractivity contribution in [2.75, 3.05) is 5.75 Å². The third-order valence-electron chi connectivity index (χ3n) is 1.79. The van der Waals surface area contributed by atoms with Crippen LogP contribution in [0.3, 0.4) is 0 Å². The average molecular weight is 215 g/mol. The number of hydrogen-bond acceptors (Lipinski definition) is 4. The summed E-state index contributed by atoms with van der Waals surface area (Å²) in [5.74, 6) is 1.63. The minimum atomic E-state index is -0.797. The first-order valence-electron chi connectivity index (χ1n) is 4.33. The van der Waals surface area contributed by atoms with Crippen molar-refractivity contribution in [1.82, 2.24) is 14.8 Å². The number of rotatable bonds is 5. The van der Waals surface area contributed by atoms with Crippen LogP contribution in [-0.4, -0.2) is 31.6 Å². The zero-order chi connectivity index (χ0) is 10.6. The van der Waals surface area contributed by atoms with E-state index in [0.717, 1.165) is 18.2 Å². The van der Waals surface area contributed by atoms with Crippen LogP contribution in [0.1, 0.15) is 18.6 Å². The van der Waals surface area contributed by atoms with Crippen molar-refractivity contribution in [3.8, 4) is 0 Å². The minimum Gasteiger partial charge on any atom is -0.481 e. The summed E-state index contributed by atoms with van der Waals surface area (Å²) in [6.45, 7) is 4.73. The Hall–Kier alpha value is -1.04. The van der Waals surface area contributed by atoms with E-state index in [4.69, 9.17) is 5.11 Å². The third kappa shape index (κ3) is 2.73. The number of aromatic nitrogens is 3. The molecule has 1 heterocycles. The zero-order valence-electron chi connectivity index (χ0n) is 8.23. The fourth-order valence-corrected chi connectivity index (χ4v) is 1.85. The van der Waals surface area contributed by atoms with Crippen molar-refractivity contribution >= 4 is 17.7 Å². The lowest BCUT2D eigenvalue weighted by Crippen LogP contribution is -2.04. The normalized spacial score (nSPS) is 10.4. The van der Waals surface area contributed by atoms with Gasteiger partial charge in [-0.2, -0.15) is 0 Å². The lowest BCUT2D eigenvalue weighted by atomic mass is 10.5. The van der Waals surface area contributed by atoms with Crippen LogP contribution in [0.2, 0.25) is 0 Å². The molecule has 1 rings (SSSR count). The number of aliphatic carboxylic acids is 1. The van der Waals surface area contributed by atoms with Crippen LogP contribution in [0.4, 0.5) is 0 Å². The Kier molecular flexibility index (Phi) is 3.94. The van der Waals surface area contributed by atoms with Crippen molar-refractivity contribution in [2.45, 2.75) is 26.1 Å². The fraction of sp³-hybridized carbons (Fsp3) is 0.625. The number of hydrogen-bond donors (Lipinski definition) is 1. The minimum absolute atomic E-state index is 0.107. The topological polar surface area (TPSA) is 68.0 Å². The van der Waals surface area contributed by atoms with E-state index in [1.165, 1.54) is 11.8 Å². The van der Waals surface area contributed by atoms with Gasteiger partial charge in [-0.05, 0) is 13.8 Å². The highest BCUT2D eigenvalue weighted by atomic mass is 32.2. The first-order valence-corrected chi connectivity index (χ1v) is 5.48. The Labute approximate surface area is 86.5 Å². The zero-order valence-corrected chi connectivity index (χ0v) is 9.04. The van der Waals surface area contributed by atoms with E-state index < -0.39 is 5.97 Å². The monoisotopic (exact) mass is 215 g/mol. The Morgan fingerprint density at radius 3 is 2.86 bits per heavy atom. The molecule has 0 spiro atoms. The number of aryl methyl sites for hydroxylation is 1. The first-order chi connectivity index (χ1) is 6.65. The second kappa shape index (κ2) is 4.99. The van der Waals surface area contributed by atoms with Gasteiger partial charge in [0.05, 0.1) is 11.5 Å². The molecular formula is C8H13N3O2S. The van der Waals surface area contributed by atoms with E-state index in [-0.39, 0.29) is 5.75 Å². The molecule has 0 aliphatic carbocycles. The lowest BCUT2D eigenvalue weighted by molar-refractivity contribution is -0.133. The standard InChI is InChI=1S/C8H13N3O2S/c1-3-11-6(2)9-10-7(11)4-14-5-8(12)13/h3-5H2,1-2H3,(H,12,13). The largest absolute Gasteiger partial charge is 0.481 e. The summed E-state index contributed by atoms with van der Waals surface area (Å²) in [4.78, 5) is 10.3. The van der Waals surface area contributed by atoms with Gasteiger partial charge in [0.25, 0.3) is 0 Å². The number of nitrogens with zero attached hydrogens (tertiary/aromatic N) is 3. The Balaban J connectivity index is 2.54. The summed E-state index contributed by atoms with van der Waals surface area (Å²) in [7, 11) is 0. The lowest BCUT2D eigenvalue weighted by Gasteiger charge is -2.03. The molecule has 5 nitrogen and oxygen atoms in total. The molecule has 0 unspecified atom stereocenters. The van der Waals surface area contributed by atoms with Crippen molar-refractivity contribution in [3.63, 3.8) is 0 Å². The fourth-order valence-electron chi connectivity index (χ4n) is 1.17. The molecule has 0 aromatic carbocycles. The van der Waals surface area contributed by atoms with E-state index in [1.54, 1.807) is 0 Å². The predicted octanol–water partition coefficient (Wildman–Crippen LogP) is 0.924. The molecule has 0 fully saturated rings. The molecule has 78 valence electrons.